The van der Waals surface area contributed by atoms with Gasteiger partial charge in [-0.25, -0.2) is 4.98 Å². The third-order valence-electron chi connectivity index (χ3n) is 7.18. The lowest BCUT2D eigenvalue weighted by atomic mass is 9.82. The van der Waals surface area contributed by atoms with Crippen LogP contribution in [0.2, 0.25) is 0 Å². The van der Waals surface area contributed by atoms with Crippen molar-refractivity contribution in [1.82, 2.24) is 24.9 Å². The molecule has 2 atom stereocenters. The average Bonchev–Trinajstić information content (AvgIpc) is 3.49. The Morgan fingerprint density at radius 2 is 1.80 bits per heavy atom. The van der Waals surface area contributed by atoms with Crippen LogP contribution in [0.25, 0.3) is 16.9 Å². The van der Waals surface area contributed by atoms with E-state index in [4.69, 9.17) is 4.98 Å². The molecule has 0 saturated carbocycles. The van der Waals surface area contributed by atoms with Gasteiger partial charge < -0.3 is 9.80 Å². The van der Waals surface area contributed by atoms with Crippen molar-refractivity contribution in [3.05, 3.63) is 76.4 Å². The molecular formula is C27H28N6OS. The molecule has 2 saturated heterocycles. The molecule has 7 nitrogen and oxygen atoms in total. The summed E-state index contributed by atoms with van der Waals surface area (Å²) in [6, 6.07) is 14.7. The molecule has 8 heteroatoms. The second kappa shape index (κ2) is 8.61. The quantitative estimate of drug-likeness (QED) is 0.421. The molecule has 0 N–H and O–H groups in total. The molecule has 35 heavy (non-hydrogen) atoms. The minimum atomic E-state index is 0.0436. The minimum absolute atomic E-state index is 0.0436. The van der Waals surface area contributed by atoms with E-state index in [1.54, 1.807) is 23.7 Å². The van der Waals surface area contributed by atoms with Crippen LogP contribution in [0.3, 0.4) is 0 Å². The van der Waals surface area contributed by atoms with E-state index in [0.717, 1.165) is 41.6 Å². The van der Waals surface area contributed by atoms with Gasteiger partial charge in [-0.1, -0.05) is 35.4 Å². The number of rotatable bonds is 4. The second-order valence-corrected chi connectivity index (χ2v) is 10.8. The van der Waals surface area contributed by atoms with Crippen molar-refractivity contribution in [3.63, 3.8) is 0 Å². The molecule has 4 aromatic rings. The number of carbonyl (C=O) groups excluding carboxylic acids is 1. The van der Waals surface area contributed by atoms with Gasteiger partial charge in [0.15, 0.2) is 5.13 Å². The maximum atomic E-state index is 13.7. The van der Waals surface area contributed by atoms with Gasteiger partial charge in [-0.3, -0.25) is 4.79 Å². The first-order valence-corrected chi connectivity index (χ1v) is 12.9. The van der Waals surface area contributed by atoms with Crippen LogP contribution >= 0.6 is 11.3 Å². The van der Waals surface area contributed by atoms with Gasteiger partial charge >= 0.3 is 0 Å². The van der Waals surface area contributed by atoms with Gasteiger partial charge in [-0.15, -0.1) is 11.3 Å². The van der Waals surface area contributed by atoms with E-state index in [1.165, 1.54) is 20.8 Å². The van der Waals surface area contributed by atoms with Crippen molar-refractivity contribution in [2.45, 2.75) is 33.2 Å². The van der Waals surface area contributed by atoms with Crippen LogP contribution in [0.4, 0.5) is 5.13 Å². The van der Waals surface area contributed by atoms with Crippen LogP contribution in [0.1, 0.15) is 32.8 Å². The lowest BCUT2D eigenvalue weighted by Gasteiger charge is -2.53. The van der Waals surface area contributed by atoms with Gasteiger partial charge in [0.05, 0.1) is 35.4 Å². The molecule has 2 aromatic carbocycles. The van der Waals surface area contributed by atoms with Crippen LogP contribution in [0, 0.1) is 26.7 Å². The number of fused-ring (bicyclic) bond motifs is 1. The van der Waals surface area contributed by atoms with Crippen molar-refractivity contribution >= 4 is 22.4 Å². The molecule has 6 rings (SSSR count). The summed E-state index contributed by atoms with van der Waals surface area (Å²) in [5.74, 6) is 0.650. The fourth-order valence-corrected chi connectivity index (χ4v) is 6.27. The topological polar surface area (TPSA) is 67.2 Å². The number of hydrogen-bond acceptors (Lipinski definition) is 6. The molecule has 2 aliphatic heterocycles. The Balaban J connectivity index is 1.24. The fourth-order valence-electron chi connectivity index (χ4n) is 5.27. The number of nitrogens with zero attached hydrogens (tertiary/aromatic N) is 6. The molecule has 0 radical (unpaired) electrons. The zero-order valence-electron chi connectivity index (χ0n) is 20.2. The van der Waals surface area contributed by atoms with Crippen molar-refractivity contribution in [1.29, 1.82) is 0 Å². The molecule has 1 unspecified atom stereocenters. The van der Waals surface area contributed by atoms with Gasteiger partial charge in [0, 0.05) is 36.0 Å². The number of aryl methyl sites for hydroxylation is 3. The summed E-state index contributed by atoms with van der Waals surface area (Å²) >= 11 is 1.75. The highest BCUT2D eigenvalue weighted by molar-refractivity contribution is 7.16. The smallest absolute Gasteiger partial charge is 0.256 e. The first kappa shape index (κ1) is 22.0. The Morgan fingerprint density at radius 3 is 2.60 bits per heavy atom. The Labute approximate surface area is 209 Å². The number of thiazole rings is 1. The van der Waals surface area contributed by atoms with Crippen LogP contribution in [-0.4, -0.2) is 56.5 Å². The predicted molar refractivity (Wildman–Crippen MR) is 138 cm³/mol. The van der Waals surface area contributed by atoms with Gasteiger partial charge in [-0.05, 0) is 45.4 Å². The lowest BCUT2D eigenvalue weighted by molar-refractivity contribution is 0.0592. The predicted octanol–water partition coefficient (Wildman–Crippen LogP) is 4.67. The highest BCUT2D eigenvalue weighted by Crippen LogP contribution is 2.41. The van der Waals surface area contributed by atoms with Crippen molar-refractivity contribution in [2.75, 3.05) is 24.5 Å². The monoisotopic (exact) mass is 484 g/mol. The number of anilines is 1. The van der Waals surface area contributed by atoms with Crippen molar-refractivity contribution in [2.24, 2.45) is 5.92 Å². The molecule has 178 valence electrons. The maximum Gasteiger partial charge on any atom is 0.256 e. The first-order chi connectivity index (χ1) is 17.0. The van der Waals surface area contributed by atoms with Crippen molar-refractivity contribution in [3.8, 4) is 16.9 Å². The number of benzene rings is 2. The zero-order chi connectivity index (χ0) is 24.1. The van der Waals surface area contributed by atoms with Crippen molar-refractivity contribution < 1.29 is 4.79 Å². The number of piperidine rings is 1. The summed E-state index contributed by atoms with van der Waals surface area (Å²) in [5.41, 5.74) is 5.89. The fraction of sp³-hybridized carbons (Fsp3) is 0.333. The normalized spacial score (nSPS) is 19.4. The SMILES string of the molecule is Cc1cccc(-c2nc(N3CC4CCN(C(=O)c5cc(C)ccc5-n5nccn5)C[C@H]43)sc2C)c1. The summed E-state index contributed by atoms with van der Waals surface area (Å²) in [6.45, 7) is 8.77. The summed E-state index contributed by atoms with van der Waals surface area (Å²) in [4.78, 5) is 25.9. The van der Waals surface area contributed by atoms with E-state index in [2.05, 4.69) is 53.2 Å². The highest BCUT2D eigenvalue weighted by Gasteiger charge is 2.45. The minimum Gasteiger partial charge on any atom is -0.343 e. The Bertz CT molecular complexity index is 1390. The van der Waals surface area contributed by atoms with Gasteiger partial charge in [0.1, 0.15) is 0 Å². The van der Waals surface area contributed by atoms with E-state index >= 15 is 0 Å². The molecule has 2 aromatic heterocycles. The Kier molecular flexibility index (Phi) is 5.40. The third kappa shape index (κ3) is 3.91. The molecule has 0 aliphatic carbocycles. The summed E-state index contributed by atoms with van der Waals surface area (Å²) in [7, 11) is 0. The second-order valence-electron chi connectivity index (χ2n) is 9.63. The molecule has 1 amide bonds. The number of carbonyl (C=O) groups is 1. The average molecular weight is 485 g/mol. The Hall–Kier alpha value is -3.52. The molecule has 0 spiro atoms. The van der Waals surface area contributed by atoms with Gasteiger partial charge in [-0.2, -0.15) is 15.0 Å². The zero-order valence-corrected chi connectivity index (χ0v) is 21.0. The molecule has 2 aliphatic rings. The van der Waals surface area contributed by atoms with Crippen LogP contribution in [0.15, 0.2) is 54.9 Å². The van der Waals surface area contributed by atoms with Gasteiger partial charge in [0.2, 0.25) is 0 Å². The summed E-state index contributed by atoms with van der Waals surface area (Å²) < 4.78 is 0. The molecule has 2 fully saturated rings. The number of amides is 1. The highest BCUT2D eigenvalue weighted by atomic mass is 32.1. The molecule has 0 bridgehead atoms. The standard InChI is InChI=1S/C27H28N6OS/c1-17-5-4-6-20(13-17)25-19(3)35-27(30-25)32-15-21-9-12-31(16-24(21)32)26(34)22-14-18(2)7-8-23(22)33-28-10-11-29-33/h4-8,10-11,13-14,21,24H,9,12,15-16H2,1-3H3/t21?,24-/m1/s1. The van der Waals surface area contributed by atoms with E-state index in [1.807, 2.05) is 30.0 Å². The van der Waals surface area contributed by atoms with Crippen LogP contribution in [0.5, 0.6) is 0 Å². The van der Waals surface area contributed by atoms with E-state index < -0.39 is 0 Å². The van der Waals surface area contributed by atoms with E-state index in [-0.39, 0.29) is 5.91 Å². The van der Waals surface area contributed by atoms with Crippen LogP contribution < -0.4 is 4.90 Å². The number of aromatic nitrogens is 4. The third-order valence-corrected chi connectivity index (χ3v) is 8.19. The first-order valence-electron chi connectivity index (χ1n) is 12.1. The van der Waals surface area contributed by atoms with E-state index in [9.17, 15) is 4.79 Å². The summed E-state index contributed by atoms with van der Waals surface area (Å²) in [5, 5.41) is 9.57. The largest absolute Gasteiger partial charge is 0.343 e. The summed E-state index contributed by atoms with van der Waals surface area (Å²) in [6.07, 6.45) is 4.28. The maximum absolute atomic E-state index is 13.7. The Morgan fingerprint density at radius 1 is 1.00 bits per heavy atom. The van der Waals surface area contributed by atoms with Crippen LogP contribution in [-0.2, 0) is 0 Å². The molecular weight excluding hydrogens is 456 g/mol. The van der Waals surface area contributed by atoms with E-state index in [0.29, 0.717) is 24.1 Å². The lowest BCUT2D eigenvalue weighted by Crippen LogP contribution is -2.65. The van der Waals surface area contributed by atoms with Gasteiger partial charge in [0.25, 0.3) is 5.91 Å². The molecule has 4 heterocycles. The number of hydrogen-bond donors (Lipinski definition) is 0. The number of likely N-dealkylation sites (tertiary alicyclic amines) is 1.